The number of H-pyrrole nitrogens is 1. The van der Waals surface area contributed by atoms with E-state index in [1.165, 1.54) is 12.1 Å². The number of hydrogen-bond acceptors (Lipinski definition) is 2. The first-order valence-electron chi connectivity index (χ1n) is 8.74. The number of nitrogens with one attached hydrogen (secondary N) is 1. The topological polar surface area (TPSA) is 36.1 Å². The Kier molecular flexibility index (Phi) is 4.14. The first-order chi connectivity index (χ1) is 12.1. The molecule has 1 heterocycles. The number of fused-ring (bicyclic) bond motifs is 1. The molecule has 1 aliphatic carbocycles. The van der Waals surface area contributed by atoms with Crippen LogP contribution >= 0.6 is 0 Å². The molecule has 1 aliphatic rings. The molecule has 1 aromatic heterocycles. The van der Waals surface area contributed by atoms with E-state index in [2.05, 4.69) is 9.88 Å². The van der Waals surface area contributed by atoms with Gasteiger partial charge in [-0.2, -0.15) is 0 Å². The van der Waals surface area contributed by atoms with Crippen LogP contribution in [0, 0.1) is 5.82 Å². The summed E-state index contributed by atoms with van der Waals surface area (Å²) < 4.78 is 13.1. The van der Waals surface area contributed by atoms with Crippen molar-refractivity contribution >= 4 is 16.7 Å². The van der Waals surface area contributed by atoms with Gasteiger partial charge in [0.1, 0.15) is 5.82 Å². The van der Waals surface area contributed by atoms with Gasteiger partial charge in [-0.15, -0.1) is 0 Å². The zero-order valence-electron chi connectivity index (χ0n) is 14.2. The highest BCUT2D eigenvalue weighted by molar-refractivity contribution is 6.10. The molecule has 3 aromatic rings. The number of carbonyl (C=O) groups is 1. The minimum atomic E-state index is -0.232. The fourth-order valence-corrected chi connectivity index (χ4v) is 3.44. The van der Waals surface area contributed by atoms with Gasteiger partial charge in [0.2, 0.25) is 0 Å². The summed E-state index contributed by atoms with van der Waals surface area (Å²) in [6.45, 7) is 2.64. The van der Waals surface area contributed by atoms with Crippen molar-refractivity contribution in [1.82, 2.24) is 9.88 Å². The minimum Gasteiger partial charge on any atom is -0.360 e. The lowest BCUT2D eigenvalue weighted by Crippen LogP contribution is -2.40. The highest BCUT2D eigenvalue weighted by Crippen LogP contribution is 2.32. The third-order valence-electron chi connectivity index (χ3n) is 5.03. The number of rotatable bonds is 6. The van der Waals surface area contributed by atoms with Crippen molar-refractivity contribution in [3.8, 4) is 0 Å². The molecule has 128 valence electrons. The van der Waals surface area contributed by atoms with E-state index in [-0.39, 0.29) is 17.6 Å². The number of aromatic nitrogens is 1. The average Bonchev–Trinajstić information content (AvgIpc) is 3.38. The van der Waals surface area contributed by atoms with Gasteiger partial charge in [0.05, 0.1) is 6.04 Å². The Labute approximate surface area is 146 Å². The molecule has 1 fully saturated rings. The zero-order valence-corrected chi connectivity index (χ0v) is 14.2. The Balaban J connectivity index is 1.59. The molecule has 0 spiro atoms. The second kappa shape index (κ2) is 6.45. The van der Waals surface area contributed by atoms with Crippen LogP contribution in [0.1, 0.15) is 35.7 Å². The lowest BCUT2D eigenvalue weighted by Gasteiger charge is -2.28. The molecular formula is C21H21FN2O. The number of nitrogens with zero attached hydrogens (tertiary/aromatic N) is 1. The van der Waals surface area contributed by atoms with Crippen molar-refractivity contribution in [3.05, 3.63) is 71.7 Å². The fraction of sp³-hybridized carbons (Fsp3) is 0.286. The lowest BCUT2D eigenvalue weighted by molar-refractivity contribution is 0.0816. The van der Waals surface area contributed by atoms with Crippen LogP contribution < -0.4 is 0 Å². The maximum atomic E-state index is 13.1. The van der Waals surface area contributed by atoms with Crippen LogP contribution in [0.15, 0.2) is 54.7 Å². The van der Waals surface area contributed by atoms with Gasteiger partial charge in [0, 0.05) is 35.2 Å². The smallest absolute Gasteiger partial charge is 0.181 e. The molecule has 0 aliphatic heterocycles. The van der Waals surface area contributed by atoms with Gasteiger partial charge >= 0.3 is 0 Å². The molecule has 25 heavy (non-hydrogen) atoms. The Bertz CT molecular complexity index is 896. The van der Waals surface area contributed by atoms with Crippen LogP contribution in [-0.4, -0.2) is 27.8 Å². The molecule has 0 unspecified atom stereocenters. The van der Waals surface area contributed by atoms with E-state index in [9.17, 15) is 9.18 Å². The average molecular weight is 336 g/mol. The summed E-state index contributed by atoms with van der Waals surface area (Å²) in [7, 11) is 0. The second-order valence-corrected chi connectivity index (χ2v) is 6.82. The predicted octanol–water partition coefficient (Wildman–Crippen LogP) is 4.54. The first kappa shape index (κ1) is 16.0. The van der Waals surface area contributed by atoms with E-state index in [1.807, 2.05) is 37.4 Å². The van der Waals surface area contributed by atoms with E-state index >= 15 is 0 Å². The molecule has 0 amide bonds. The monoisotopic (exact) mass is 336 g/mol. The lowest BCUT2D eigenvalue weighted by atomic mass is 10.0. The van der Waals surface area contributed by atoms with Crippen molar-refractivity contribution in [2.75, 3.05) is 0 Å². The van der Waals surface area contributed by atoms with Crippen molar-refractivity contribution in [2.24, 2.45) is 0 Å². The van der Waals surface area contributed by atoms with Crippen molar-refractivity contribution in [1.29, 1.82) is 0 Å². The first-order valence-corrected chi connectivity index (χ1v) is 8.74. The zero-order chi connectivity index (χ0) is 17.4. The number of carbonyl (C=O) groups excluding carboxylic acids is 1. The van der Waals surface area contributed by atoms with Gasteiger partial charge in [-0.1, -0.05) is 30.3 Å². The Hall–Kier alpha value is -2.46. The van der Waals surface area contributed by atoms with Crippen LogP contribution in [0.2, 0.25) is 0 Å². The third-order valence-corrected chi connectivity index (χ3v) is 5.03. The van der Waals surface area contributed by atoms with Crippen molar-refractivity contribution in [2.45, 2.75) is 38.4 Å². The van der Waals surface area contributed by atoms with Crippen molar-refractivity contribution < 1.29 is 9.18 Å². The summed E-state index contributed by atoms with van der Waals surface area (Å²) in [5.74, 6) is -0.101. The van der Waals surface area contributed by atoms with Crippen LogP contribution in [-0.2, 0) is 6.54 Å². The summed E-state index contributed by atoms with van der Waals surface area (Å²) in [6, 6.07) is 14.7. The number of halogens is 1. The summed E-state index contributed by atoms with van der Waals surface area (Å²) >= 11 is 0. The van der Waals surface area contributed by atoms with E-state index in [0.717, 1.165) is 34.9 Å². The molecule has 4 heteroatoms. The molecule has 1 N–H and O–H groups in total. The van der Waals surface area contributed by atoms with E-state index in [0.29, 0.717) is 12.6 Å². The van der Waals surface area contributed by atoms with Crippen LogP contribution in [0.3, 0.4) is 0 Å². The van der Waals surface area contributed by atoms with Crippen LogP contribution in [0.5, 0.6) is 0 Å². The molecule has 4 rings (SSSR count). The maximum absolute atomic E-state index is 13.1. The summed E-state index contributed by atoms with van der Waals surface area (Å²) in [5.41, 5.74) is 2.76. The van der Waals surface area contributed by atoms with Gasteiger partial charge in [0.25, 0.3) is 0 Å². The number of aromatic amines is 1. The standard InChI is InChI=1S/C21H21FN2O/c1-14(21(25)19-12-23-20-5-3-2-4-18(19)20)24(17-10-11-17)13-15-6-8-16(22)9-7-15/h2-9,12,14,17,23H,10-11,13H2,1H3/t14-/m1/s1. The number of para-hydroxylation sites is 1. The summed E-state index contributed by atoms with van der Waals surface area (Å²) in [6.07, 6.45) is 4.05. The van der Waals surface area contributed by atoms with Crippen molar-refractivity contribution in [3.63, 3.8) is 0 Å². The Morgan fingerprint density at radius 2 is 1.92 bits per heavy atom. The second-order valence-electron chi connectivity index (χ2n) is 6.82. The van der Waals surface area contributed by atoms with E-state index in [4.69, 9.17) is 0 Å². The Morgan fingerprint density at radius 3 is 2.64 bits per heavy atom. The molecule has 0 radical (unpaired) electrons. The van der Waals surface area contributed by atoms with E-state index in [1.54, 1.807) is 12.1 Å². The Morgan fingerprint density at radius 1 is 1.20 bits per heavy atom. The predicted molar refractivity (Wildman–Crippen MR) is 97.1 cm³/mol. The molecule has 0 bridgehead atoms. The van der Waals surface area contributed by atoms with Gasteiger partial charge in [-0.25, -0.2) is 4.39 Å². The van der Waals surface area contributed by atoms with Crippen LogP contribution in [0.25, 0.3) is 10.9 Å². The summed E-state index contributed by atoms with van der Waals surface area (Å²) in [4.78, 5) is 18.5. The minimum absolute atomic E-state index is 0.131. The normalized spacial score (nSPS) is 15.6. The van der Waals surface area contributed by atoms with Crippen LogP contribution in [0.4, 0.5) is 4.39 Å². The number of hydrogen-bond donors (Lipinski definition) is 1. The van der Waals surface area contributed by atoms with Gasteiger partial charge in [-0.3, -0.25) is 9.69 Å². The molecule has 3 nitrogen and oxygen atoms in total. The fourth-order valence-electron chi connectivity index (χ4n) is 3.44. The number of benzene rings is 2. The quantitative estimate of drug-likeness (QED) is 0.671. The molecule has 1 atom stereocenters. The molecule has 0 saturated heterocycles. The molecular weight excluding hydrogens is 315 g/mol. The largest absolute Gasteiger partial charge is 0.360 e. The molecule has 2 aromatic carbocycles. The van der Waals surface area contributed by atoms with E-state index < -0.39 is 0 Å². The van der Waals surface area contributed by atoms with Gasteiger partial charge in [-0.05, 0) is 43.5 Å². The SMILES string of the molecule is C[C@H](C(=O)c1c[nH]c2ccccc12)N(Cc1ccc(F)cc1)C1CC1. The molecule has 1 saturated carbocycles. The third kappa shape index (κ3) is 3.22. The number of ketones is 1. The summed E-state index contributed by atoms with van der Waals surface area (Å²) in [5, 5.41) is 0.969. The van der Waals surface area contributed by atoms with Gasteiger partial charge < -0.3 is 4.98 Å². The van der Waals surface area contributed by atoms with Gasteiger partial charge in [0.15, 0.2) is 5.78 Å². The number of Topliss-reactive ketones (excluding diaryl/α,β-unsaturated/α-hetero) is 1. The maximum Gasteiger partial charge on any atom is 0.181 e. The highest BCUT2D eigenvalue weighted by Gasteiger charge is 2.35. The highest BCUT2D eigenvalue weighted by atomic mass is 19.1.